The molecule has 278 valence electrons. The molecular formula is C44H80N2OS. The van der Waals surface area contributed by atoms with Gasteiger partial charge in [0.15, 0.2) is 0 Å². The molecule has 0 spiro atoms. The normalized spacial score (nSPS) is 30.8. The number of hydrogen-bond donors (Lipinski definition) is 2. The van der Waals surface area contributed by atoms with E-state index in [-0.39, 0.29) is 6.04 Å². The first-order valence-corrected chi connectivity index (χ1v) is 21.6. The van der Waals surface area contributed by atoms with Gasteiger partial charge >= 0.3 is 0 Å². The van der Waals surface area contributed by atoms with Crippen molar-refractivity contribution in [2.24, 2.45) is 46.3 Å². The number of allylic oxidation sites excluding steroid dienone is 2. The van der Waals surface area contributed by atoms with Crippen molar-refractivity contribution < 1.29 is 4.79 Å². The molecule has 0 aromatic carbocycles. The highest BCUT2D eigenvalue weighted by molar-refractivity contribution is 7.80. The summed E-state index contributed by atoms with van der Waals surface area (Å²) in [5, 5.41) is 3.41. The molecule has 1 N–H and O–H groups in total. The molecular weight excluding hydrogens is 605 g/mol. The fourth-order valence-corrected chi connectivity index (χ4v) is 11.0. The van der Waals surface area contributed by atoms with Gasteiger partial charge in [0, 0.05) is 25.2 Å². The van der Waals surface area contributed by atoms with Gasteiger partial charge in [0.1, 0.15) is 5.78 Å². The number of carbonyl (C=O) groups excluding carboxylic acids is 1. The number of fused-ring (bicyclic) bond motifs is 5. The average Bonchev–Trinajstić information content (AvgIpc) is 3.44. The van der Waals surface area contributed by atoms with Gasteiger partial charge in [0.2, 0.25) is 0 Å². The first-order valence-electron chi connectivity index (χ1n) is 21.0. The number of rotatable bonds is 19. The molecule has 3 fully saturated rings. The molecule has 0 bridgehead atoms. The molecule has 1 saturated heterocycles. The van der Waals surface area contributed by atoms with Gasteiger partial charge in [-0.3, -0.25) is 4.79 Å². The second kappa shape index (κ2) is 20.3. The van der Waals surface area contributed by atoms with Crippen LogP contribution in [0.1, 0.15) is 171 Å². The molecule has 4 heteroatoms. The van der Waals surface area contributed by atoms with Crippen molar-refractivity contribution in [3.63, 3.8) is 0 Å². The van der Waals surface area contributed by atoms with Crippen molar-refractivity contribution in [3.05, 3.63) is 23.9 Å². The summed E-state index contributed by atoms with van der Waals surface area (Å²) < 4.78 is 0. The van der Waals surface area contributed by atoms with Gasteiger partial charge in [-0.05, 0) is 128 Å². The molecule has 0 amide bonds. The number of hydrogen-bond acceptors (Lipinski definition) is 4. The fraction of sp³-hybridized carbons (Fsp3) is 0.886. The van der Waals surface area contributed by atoms with Crippen LogP contribution in [0.4, 0.5) is 0 Å². The molecule has 2 saturated carbocycles. The quantitative estimate of drug-likeness (QED) is 0.0807. The van der Waals surface area contributed by atoms with Crippen molar-refractivity contribution >= 4 is 18.4 Å². The Kier molecular flexibility index (Phi) is 17.7. The van der Waals surface area contributed by atoms with Crippen LogP contribution in [-0.4, -0.2) is 42.1 Å². The van der Waals surface area contributed by atoms with Crippen LogP contribution in [0.3, 0.4) is 0 Å². The van der Waals surface area contributed by atoms with E-state index in [0.717, 1.165) is 80.0 Å². The van der Waals surface area contributed by atoms with E-state index in [1.807, 2.05) is 6.92 Å². The number of thiol groups is 1. The van der Waals surface area contributed by atoms with Gasteiger partial charge in [-0.25, -0.2) is 0 Å². The number of unbranched alkanes of at least 4 members (excludes halogenated alkanes) is 4. The Hall–Kier alpha value is -0.740. The fourth-order valence-electron chi connectivity index (χ4n) is 10.8. The molecule has 4 aliphatic rings. The van der Waals surface area contributed by atoms with E-state index in [2.05, 4.69) is 84.0 Å². The van der Waals surface area contributed by atoms with Gasteiger partial charge in [0.05, 0.1) is 6.04 Å². The maximum Gasteiger partial charge on any atom is 0.149 e. The van der Waals surface area contributed by atoms with E-state index >= 15 is 0 Å². The van der Waals surface area contributed by atoms with Gasteiger partial charge in [-0.2, -0.15) is 12.6 Å². The smallest absolute Gasteiger partial charge is 0.149 e. The summed E-state index contributed by atoms with van der Waals surface area (Å²) in [5.74, 6) is 6.95. The summed E-state index contributed by atoms with van der Waals surface area (Å²) >= 11 is 4.20. The van der Waals surface area contributed by atoms with Crippen molar-refractivity contribution in [1.29, 1.82) is 0 Å². The first kappa shape index (κ1) is 41.7. The summed E-state index contributed by atoms with van der Waals surface area (Å²) in [6.07, 6.45) is 25.6. The minimum atomic E-state index is 0.102. The highest BCUT2D eigenvalue weighted by Gasteiger charge is 2.59. The van der Waals surface area contributed by atoms with Crippen LogP contribution in [0.25, 0.3) is 0 Å². The third kappa shape index (κ3) is 10.6. The molecule has 8 atom stereocenters. The van der Waals surface area contributed by atoms with E-state index < -0.39 is 0 Å². The lowest BCUT2D eigenvalue weighted by atomic mass is 9.47. The molecule has 0 aromatic heterocycles. The van der Waals surface area contributed by atoms with Gasteiger partial charge in [-0.15, -0.1) is 0 Å². The number of nitrogens with one attached hydrogen (secondary N) is 1. The highest BCUT2D eigenvalue weighted by atomic mass is 32.1. The van der Waals surface area contributed by atoms with E-state index in [1.54, 1.807) is 5.57 Å². The number of ketones is 1. The molecule has 3 aliphatic carbocycles. The Bertz CT molecular complexity index is 1010. The Morgan fingerprint density at radius 2 is 1.69 bits per heavy atom. The van der Waals surface area contributed by atoms with Crippen LogP contribution in [0, 0.1) is 46.3 Å². The van der Waals surface area contributed by atoms with E-state index in [4.69, 9.17) is 0 Å². The average molecular weight is 685 g/mol. The Labute approximate surface area is 305 Å². The third-order valence-electron chi connectivity index (χ3n) is 14.0. The minimum absolute atomic E-state index is 0.102. The summed E-state index contributed by atoms with van der Waals surface area (Å²) in [6.45, 7) is 26.8. The molecule has 0 aromatic rings. The predicted octanol–water partition coefficient (Wildman–Crippen LogP) is 12.1. The topological polar surface area (TPSA) is 32.3 Å². The monoisotopic (exact) mass is 685 g/mol. The summed E-state index contributed by atoms with van der Waals surface area (Å²) in [4.78, 5) is 14.3. The van der Waals surface area contributed by atoms with Gasteiger partial charge < -0.3 is 10.2 Å². The van der Waals surface area contributed by atoms with Crippen molar-refractivity contribution in [2.45, 2.75) is 177 Å². The molecule has 3 nitrogen and oxygen atoms in total. The zero-order chi connectivity index (χ0) is 35.3. The number of piperidine rings is 1. The summed E-state index contributed by atoms with van der Waals surface area (Å²) in [6, 6.07) is 0.102. The van der Waals surface area contributed by atoms with Crippen LogP contribution in [0.2, 0.25) is 0 Å². The van der Waals surface area contributed by atoms with Crippen molar-refractivity contribution in [1.82, 2.24) is 10.2 Å². The molecule has 1 aliphatic heterocycles. The lowest BCUT2D eigenvalue weighted by molar-refractivity contribution is -0.120. The molecule has 0 radical (unpaired) electrons. The largest absolute Gasteiger partial charge is 0.371 e. The van der Waals surface area contributed by atoms with E-state index in [0.29, 0.717) is 23.0 Å². The molecule has 1 heterocycles. The maximum absolute atomic E-state index is 11.7. The third-order valence-corrected chi connectivity index (χ3v) is 14.3. The SMILES string of the molecule is C=C(CC)N1CCC2(C)C(=CCC3C2CCC2(C)C(C(C)CCCC(C)C)CCC32)C1.CCCCC(NCCCCCCS)C(=O)CC. The van der Waals surface area contributed by atoms with Gasteiger partial charge in [-0.1, -0.05) is 113 Å². The molecule has 48 heavy (non-hydrogen) atoms. The second-order valence-corrected chi connectivity index (χ2v) is 17.9. The van der Waals surface area contributed by atoms with Gasteiger partial charge in [0.25, 0.3) is 0 Å². The van der Waals surface area contributed by atoms with E-state index in [1.165, 1.54) is 95.7 Å². The minimum Gasteiger partial charge on any atom is -0.371 e. The Morgan fingerprint density at radius 3 is 2.35 bits per heavy atom. The first-order chi connectivity index (χ1) is 23.0. The zero-order valence-corrected chi connectivity index (χ0v) is 34.1. The van der Waals surface area contributed by atoms with Crippen LogP contribution < -0.4 is 5.32 Å². The van der Waals surface area contributed by atoms with Crippen LogP contribution >= 0.6 is 12.6 Å². The summed E-state index contributed by atoms with van der Waals surface area (Å²) in [7, 11) is 0. The number of likely N-dealkylation sites (tertiary alicyclic amines) is 1. The predicted molar refractivity (Wildman–Crippen MR) is 214 cm³/mol. The van der Waals surface area contributed by atoms with Crippen molar-refractivity contribution in [2.75, 3.05) is 25.4 Å². The number of Topliss-reactive ketones (excluding diaryl/α,β-unsaturated/α-hetero) is 1. The number of nitrogens with zero attached hydrogens (tertiary/aromatic N) is 1. The lowest BCUT2D eigenvalue weighted by Gasteiger charge is -2.59. The Balaban J connectivity index is 0.000000315. The second-order valence-electron chi connectivity index (χ2n) is 17.5. The standard InChI is InChI=1S/C30H51N.C14H29NOS/c1-8-23(5)31-19-18-29(6)24(20-31)12-13-25-27-15-14-26(22(4)11-9-10-21(2)3)30(27,7)17-16-28(25)29;1-3-5-10-13(14(16)4-2)15-11-8-6-7-9-12-17/h12,21-22,25-28H,5,8-11,13-20H2,1-4,6-7H3;13,15,17H,3-12H2,1-2H3. The maximum atomic E-state index is 11.7. The zero-order valence-electron chi connectivity index (χ0n) is 33.2. The number of carbonyl (C=O) groups is 1. The Morgan fingerprint density at radius 1 is 0.938 bits per heavy atom. The van der Waals surface area contributed by atoms with Crippen molar-refractivity contribution in [3.8, 4) is 0 Å². The van der Waals surface area contributed by atoms with E-state index in [9.17, 15) is 4.79 Å². The van der Waals surface area contributed by atoms with Crippen LogP contribution in [0.5, 0.6) is 0 Å². The molecule has 4 rings (SSSR count). The lowest BCUT2D eigenvalue weighted by Crippen LogP contribution is -2.53. The van der Waals surface area contributed by atoms with Crippen LogP contribution in [-0.2, 0) is 4.79 Å². The van der Waals surface area contributed by atoms with Crippen LogP contribution in [0.15, 0.2) is 23.9 Å². The highest BCUT2D eigenvalue weighted by Crippen LogP contribution is 2.66. The molecule has 8 unspecified atom stereocenters. The summed E-state index contributed by atoms with van der Waals surface area (Å²) in [5.41, 5.74) is 4.16.